The van der Waals surface area contributed by atoms with Crippen LogP contribution in [0.3, 0.4) is 0 Å². The molecule has 1 fully saturated rings. The first-order valence-electron chi connectivity index (χ1n) is 8.39. The van der Waals surface area contributed by atoms with E-state index in [-0.39, 0.29) is 12.1 Å². The van der Waals surface area contributed by atoms with E-state index in [1.165, 1.54) is 0 Å². The maximum atomic E-state index is 12.3. The van der Waals surface area contributed by atoms with Crippen molar-refractivity contribution in [2.75, 3.05) is 11.5 Å². The smallest absolute Gasteiger partial charge is 0.308 e. The van der Waals surface area contributed by atoms with Gasteiger partial charge in [-0.2, -0.15) is 0 Å². The van der Waals surface area contributed by atoms with Crippen LogP contribution in [-0.4, -0.2) is 28.2 Å². The molecular formula is C20H22O3S2. The number of rotatable bonds is 8. The Kier molecular flexibility index (Phi) is 7.27. The second-order valence-corrected chi connectivity index (χ2v) is 8.59. The highest BCUT2D eigenvalue weighted by atomic mass is 32.2. The lowest BCUT2D eigenvalue weighted by Crippen LogP contribution is -2.27. The largest absolute Gasteiger partial charge is 0.461 e. The first-order valence-corrected chi connectivity index (χ1v) is 10.5. The zero-order chi connectivity index (χ0) is 17.3. The number of thioether (sulfide) groups is 2. The summed E-state index contributed by atoms with van der Waals surface area (Å²) in [6.07, 6.45) is 0.172. The van der Waals surface area contributed by atoms with Gasteiger partial charge in [-0.25, -0.2) is 0 Å². The molecule has 0 radical (unpaired) electrons. The molecule has 0 N–H and O–H groups in total. The molecular weight excluding hydrogens is 352 g/mol. The topological polar surface area (TPSA) is 35.5 Å². The maximum absolute atomic E-state index is 12.3. The molecule has 132 valence electrons. The van der Waals surface area contributed by atoms with Crippen LogP contribution in [0.1, 0.15) is 17.5 Å². The van der Waals surface area contributed by atoms with Crippen LogP contribution in [0, 0.1) is 0 Å². The predicted octanol–water partition coefficient (Wildman–Crippen LogP) is 4.51. The van der Waals surface area contributed by atoms with Gasteiger partial charge in [-0.05, 0) is 11.1 Å². The Morgan fingerprint density at radius 1 is 0.920 bits per heavy atom. The number of carbonyl (C=O) groups excluding carboxylic acids is 1. The highest BCUT2D eigenvalue weighted by Crippen LogP contribution is 2.37. The quantitative estimate of drug-likeness (QED) is 0.635. The summed E-state index contributed by atoms with van der Waals surface area (Å²) in [6.45, 7) is 0.838. The predicted molar refractivity (Wildman–Crippen MR) is 105 cm³/mol. The summed E-state index contributed by atoms with van der Waals surface area (Å²) in [7, 11) is 0. The summed E-state index contributed by atoms with van der Waals surface area (Å²) in [5.41, 5.74) is 2.13. The monoisotopic (exact) mass is 374 g/mol. The fourth-order valence-corrected chi connectivity index (χ4v) is 5.54. The molecule has 5 heteroatoms. The molecule has 1 saturated heterocycles. The summed E-state index contributed by atoms with van der Waals surface area (Å²) in [6, 6.07) is 19.8. The Hall–Kier alpha value is -1.43. The van der Waals surface area contributed by atoms with E-state index < -0.39 is 0 Å². The Labute approximate surface area is 157 Å². The van der Waals surface area contributed by atoms with E-state index in [2.05, 4.69) is 0 Å². The maximum Gasteiger partial charge on any atom is 0.308 e. The first kappa shape index (κ1) is 18.4. The summed E-state index contributed by atoms with van der Waals surface area (Å²) in [4.78, 5) is 12.3. The van der Waals surface area contributed by atoms with Crippen molar-refractivity contribution in [2.45, 2.75) is 30.3 Å². The third kappa shape index (κ3) is 6.10. The van der Waals surface area contributed by atoms with Crippen LogP contribution in [-0.2, 0) is 27.5 Å². The Balaban J connectivity index is 1.52. The third-order valence-electron chi connectivity index (χ3n) is 3.87. The van der Waals surface area contributed by atoms with Crippen molar-refractivity contribution in [2.24, 2.45) is 0 Å². The summed E-state index contributed by atoms with van der Waals surface area (Å²) in [5, 5.41) is 0. The van der Waals surface area contributed by atoms with Gasteiger partial charge in [0.2, 0.25) is 0 Å². The molecule has 0 bridgehead atoms. The molecule has 0 aliphatic carbocycles. The molecule has 0 amide bonds. The van der Waals surface area contributed by atoms with Gasteiger partial charge < -0.3 is 9.47 Å². The van der Waals surface area contributed by atoms with Crippen molar-refractivity contribution in [3.8, 4) is 0 Å². The third-order valence-corrected chi connectivity index (χ3v) is 7.09. The second kappa shape index (κ2) is 9.90. The van der Waals surface area contributed by atoms with Crippen LogP contribution in [0.5, 0.6) is 0 Å². The molecule has 25 heavy (non-hydrogen) atoms. The second-order valence-electron chi connectivity index (χ2n) is 5.80. The van der Waals surface area contributed by atoms with Gasteiger partial charge >= 0.3 is 5.97 Å². The van der Waals surface area contributed by atoms with Gasteiger partial charge in [0.05, 0.1) is 23.7 Å². The van der Waals surface area contributed by atoms with E-state index >= 15 is 0 Å². The molecule has 0 spiro atoms. The molecule has 2 aromatic rings. The van der Waals surface area contributed by atoms with Crippen LogP contribution in [0.15, 0.2) is 60.7 Å². The minimum atomic E-state index is -0.199. The zero-order valence-electron chi connectivity index (χ0n) is 14.0. The molecule has 0 aromatic heterocycles. The van der Waals surface area contributed by atoms with Gasteiger partial charge in [-0.1, -0.05) is 60.7 Å². The van der Waals surface area contributed by atoms with Crippen molar-refractivity contribution in [3.05, 3.63) is 71.8 Å². The van der Waals surface area contributed by atoms with E-state index in [0.717, 1.165) is 22.6 Å². The zero-order valence-corrected chi connectivity index (χ0v) is 15.6. The van der Waals surface area contributed by atoms with Crippen LogP contribution in [0.25, 0.3) is 0 Å². The SMILES string of the molecule is O=C(C[C@H](OCc1ccccc1)C1SCCS1)OCc1ccccc1. The molecule has 1 atom stereocenters. The summed E-state index contributed by atoms with van der Waals surface area (Å²) < 4.78 is 11.8. The van der Waals surface area contributed by atoms with Crippen LogP contribution in [0.2, 0.25) is 0 Å². The number of hydrogen-bond acceptors (Lipinski definition) is 5. The average molecular weight is 375 g/mol. The minimum absolute atomic E-state index is 0.124. The summed E-state index contributed by atoms with van der Waals surface area (Å²) in [5.74, 6) is 2.02. The van der Waals surface area contributed by atoms with Crippen LogP contribution in [0.4, 0.5) is 0 Å². The lowest BCUT2D eigenvalue weighted by atomic mass is 10.2. The number of carbonyl (C=O) groups is 1. The summed E-state index contributed by atoms with van der Waals surface area (Å²) >= 11 is 3.74. The highest BCUT2D eigenvalue weighted by Gasteiger charge is 2.29. The molecule has 1 aliphatic rings. The van der Waals surface area contributed by atoms with Gasteiger partial charge in [0, 0.05) is 11.5 Å². The molecule has 2 aromatic carbocycles. The lowest BCUT2D eigenvalue weighted by Gasteiger charge is -2.22. The van der Waals surface area contributed by atoms with E-state index in [9.17, 15) is 4.79 Å². The molecule has 0 unspecified atom stereocenters. The first-order chi connectivity index (χ1) is 12.3. The van der Waals surface area contributed by atoms with E-state index in [1.807, 2.05) is 84.2 Å². The fraction of sp³-hybridized carbons (Fsp3) is 0.350. The van der Waals surface area contributed by atoms with Gasteiger partial charge in [-0.3, -0.25) is 4.79 Å². The number of hydrogen-bond donors (Lipinski definition) is 0. The highest BCUT2D eigenvalue weighted by molar-refractivity contribution is 8.20. The fourth-order valence-electron chi connectivity index (χ4n) is 2.56. The van der Waals surface area contributed by atoms with Crippen molar-refractivity contribution in [1.29, 1.82) is 0 Å². The molecule has 3 nitrogen and oxygen atoms in total. The van der Waals surface area contributed by atoms with E-state index in [4.69, 9.17) is 9.47 Å². The number of esters is 1. The van der Waals surface area contributed by atoms with Crippen molar-refractivity contribution < 1.29 is 14.3 Å². The Morgan fingerprint density at radius 3 is 2.08 bits per heavy atom. The minimum Gasteiger partial charge on any atom is -0.461 e. The van der Waals surface area contributed by atoms with Gasteiger partial charge in [0.25, 0.3) is 0 Å². The average Bonchev–Trinajstić information content (AvgIpc) is 3.20. The normalized spacial score (nSPS) is 15.8. The molecule has 1 aliphatic heterocycles. The van der Waals surface area contributed by atoms with Gasteiger partial charge in [-0.15, -0.1) is 23.5 Å². The standard InChI is InChI=1S/C20H22O3S2/c21-19(23-15-17-9-5-2-6-10-17)13-18(20-24-11-12-25-20)22-14-16-7-3-1-4-8-16/h1-10,18,20H,11-15H2/t18-/m0/s1. The Morgan fingerprint density at radius 2 is 1.48 bits per heavy atom. The molecule has 0 saturated carbocycles. The Bertz CT molecular complexity index is 643. The van der Waals surface area contributed by atoms with Crippen molar-refractivity contribution in [3.63, 3.8) is 0 Å². The molecule has 1 heterocycles. The van der Waals surface area contributed by atoms with E-state index in [1.54, 1.807) is 0 Å². The number of benzene rings is 2. The van der Waals surface area contributed by atoms with Crippen LogP contribution >= 0.6 is 23.5 Å². The van der Waals surface area contributed by atoms with E-state index in [0.29, 0.717) is 24.2 Å². The van der Waals surface area contributed by atoms with Gasteiger partial charge in [0.15, 0.2) is 0 Å². The number of ether oxygens (including phenoxy) is 2. The van der Waals surface area contributed by atoms with Crippen LogP contribution < -0.4 is 0 Å². The van der Waals surface area contributed by atoms with Crippen molar-refractivity contribution in [1.82, 2.24) is 0 Å². The van der Waals surface area contributed by atoms with Crippen molar-refractivity contribution >= 4 is 29.5 Å². The van der Waals surface area contributed by atoms with Gasteiger partial charge in [0.1, 0.15) is 6.61 Å². The molecule has 3 rings (SSSR count). The lowest BCUT2D eigenvalue weighted by molar-refractivity contribution is -0.148.